The number of hydrogen-bond acceptors (Lipinski definition) is 3. The first-order valence-corrected chi connectivity index (χ1v) is 4.69. The Hall–Kier alpha value is -1.95. The number of carboxylic acid groups (broad SMARTS) is 1. The van der Waals surface area contributed by atoms with Crippen molar-refractivity contribution in [2.75, 3.05) is 0 Å². The lowest BCUT2D eigenvalue weighted by molar-refractivity contribution is -0.138. The standard InChI is InChI=1S/C10H10FN3O2/c11-5-1-2-8-6(3-5)9(14-13-8)4-7(12)10(15)16/h1-3,7H,4,12H2,(H,13,14)(H,15,16). The van der Waals surface area contributed by atoms with Gasteiger partial charge in [-0.2, -0.15) is 5.10 Å². The molecule has 1 heterocycles. The number of aliphatic carboxylic acids is 1. The third-order valence-corrected chi connectivity index (χ3v) is 2.34. The van der Waals surface area contributed by atoms with Crippen molar-refractivity contribution in [3.63, 3.8) is 0 Å². The van der Waals surface area contributed by atoms with Crippen LogP contribution in [0, 0.1) is 5.82 Å². The first-order valence-electron chi connectivity index (χ1n) is 4.69. The Labute approximate surface area is 90.1 Å². The molecule has 5 nitrogen and oxygen atoms in total. The van der Waals surface area contributed by atoms with Crippen LogP contribution in [0.1, 0.15) is 5.69 Å². The number of carbonyl (C=O) groups is 1. The molecular weight excluding hydrogens is 213 g/mol. The molecule has 0 saturated heterocycles. The van der Waals surface area contributed by atoms with E-state index in [0.717, 1.165) is 0 Å². The summed E-state index contributed by atoms with van der Waals surface area (Å²) in [5.74, 6) is -1.49. The molecule has 84 valence electrons. The molecule has 6 heteroatoms. The summed E-state index contributed by atoms with van der Waals surface area (Å²) in [6, 6.07) is 3.11. The van der Waals surface area contributed by atoms with Gasteiger partial charge in [-0.15, -0.1) is 0 Å². The van der Waals surface area contributed by atoms with Gasteiger partial charge in [0.1, 0.15) is 11.9 Å². The van der Waals surface area contributed by atoms with Crippen LogP contribution in [0.4, 0.5) is 4.39 Å². The number of halogens is 1. The second-order valence-corrected chi connectivity index (χ2v) is 3.51. The zero-order valence-electron chi connectivity index (χ0n) is 8.27. The SMILES string of the molecule is NC(Cc1[nH]nc2ccc(F)cc12)C(=O)O. The maximum atomic E-state index is 13.0. The topological polar surface area (TPSA) is 92.0 Å². The number of nitrogens with two attached hydrogens (primary N) is 1. The quantitative estimate of drug-likeness (QED) is 0.712. The Morgan fingerprint density at radius 2 is 2.38 bits per heavy atom. The summed E-state index contributed by atoms with van der Waals surface area (Å²) in [5.41, 5.74) is 6.52. The van der Waals surface area contributed by atoms with E-state index in [0.29, 0.717) is 16.6 Å². The van der Waals surface area contributed by atoms with E-state index in [1.165, 1.54) is 18.2 Å². The van der Waals surface area contributed by atoms with E-state index >= 15 is 0 Å². The summed E-state index contributed by atoms with van der Waals surface area (Å²) < 4.78 is 13.0. The Balaban J connectivity index is 2.37. The molecule has 1 aromatic carbocycles. The van der Waals surface area contributed by atoms with Gasteiger partial charge in [0.15, 0.2) is 0 Å². The van der Waals surface area contributed by atoms with E-state index in [1.54, 1.807) is 0 Å². The maximum absolute atomic E-state index is 13.0. The van der Waals surface area contributed by atoms with E-state index in [4.69, 9.17) is 10.8 Å². The molecule has 1 atom stereocenters. The van der Waals surface area contributed by atoms with Crippen molar-refractivity contribution in [3.05, 3.63) is 29.7 Å². The molecule has 4 N–H and O–H groups in total. The van der Waals surface area contributed by atoms with Crippen LogP contribution >= 0.6 is 0 Å². The Kier molecular flexibility index (Phi) is 2.57. The van der Waals surface area contributed by atoms with Crippen LogP contribution in [0.3, 0.4) is 0 Å². The number of fused-ring (bicyclic) bond motifs is 1. The molecule has 1 aromatic heterocycles. The Bertz CT molecular complexity index is 538. The number of carboxylic acids is 1. The zero-order valence-corrected chi connectivity index (χ0v) is 8.27. The first-order chi connectivity index (χ1) is 7.58. The van der Waals surface area contributed by atoms with Crippen LogP contribution in [0.25, 0.3) is 10.9 Å². The second-order valence-electron chi connectivity index (χ2n) is 3.51. The summed E-state index contributed by atoms with van der Waals surface area (Å²) in [6.07, 6.45) is 0.0925. The predicted octanol–water partition coefficient (Wildman–Crippen LogP) is 0.656. The molecule has 2 rings (SSSR count). The van der Waals surface area contributed by atoms with E-state index in [-0.39, 0.29) is 12.2 Å². The van der Waals surface area contributed by atoms with E-state index < -0.39 is 12.0 Å². The van der Waals surface area contributed by atoms with Crippen LogP contribution in [0.2, 0.25) is 0 Å². The molecule has 0 aliphatic rings. The monoisotopic (exact) mass is 223 g/mol. The average Bonchev–Trinajstić information content (AvgIpc) is 2.61. The van der Waals surface area contributed by atoms with Crippen molar-refractivity contribution < 1.29 is 14.3 Å². The number of rotatable bonds is 3. The maximum Gasteiger partial charge on any atom is 0.320 e. The highest BCUT2D eigenvalue weighted by Gasteiger charge is 2.15. The highest BCUT2D eigenvalue weighted by Crippen LogP contribution is 2.18. The molecule has 0 radical (unpaired) electrons. The van der Waals surface area contributed by atoms with Crippen molar-refractivity contribution in [3.8, 4) is 0 Å². The van der Waals surface area contributed by atoms with Crippen LogP contribution < -0.4 is 5.73 Å². The number of hydrogen-bond donors (Lipinski definition) is 3. The highest BCUT2D eigenvalue weighted by atomic mass is 19.1. The smallest absolute Gasteiger partial charge is 0.320 e. The third-order valence-electron chi connectivity index (χ3n) is 2.34. The van der Waals surface area contributed by atoms with E-state index in [9.17, 15) is 9.18 Å². The first kappa shape index (κ1) is 10.6. The fraction of sp³-hybridized carbons (Fsp3) is 0.200. The van der Waals surface area contributed by atoms with Gasteiger partial charge in [0, 0.05) is 17.5 Å². The summed E-state index contributed by atoms with van der Waals surface area (Å²) in [6.45, 7) is 0. The van der Waals surface area contributed by atoms with Crippen molar-refractivity contribution in [1.82, 2.24) is 10.2 Å². The minimum absolute atomic E-state index is 0.0925. The molecule has 16 heavy (non-hydrogen) atoms. The van der Waals surface area contributed by atoms with E-state index in [2.05, 4.69) is 10.2 Å². The van der Waals surface area contributed by atoms with Gasteiger partial charge < -0.3 is 10.8 Å². The molecule has 0 saturated carbocycles. The average molecular weight is 223 g/mol. The largest absolute Gasteiger partial charge is 0.480 e. The fourth-order valence-electron chi connectivity index (χ4n) is 1.50. The summed E-state index contributed by atoms with van der Waals surface area (Å²) >= 11 is 0. The number of nitrogens with one attached hydrogen (secondary N) is 1. The molecule has 0 aliphatic carbocycles. The minimum Gasteiger partial charge on any atom is -0.480 e. The molecule has 0 fully saturated rings. The molecule has 0 bridgehead atoms. The van der Waals surface area contributed by atoms with Gasteiger partial charge in [0.25, 0.3) is 0 Å². The van der Waals surface area contributed by atoms with Gasteiger partial charge in [0.05, 0.1) is 5.52 Å². The summed E-state index contributed by atoms with van der Waals surface area (Å²) in [5, 5.41) is 15.8. The van der Waals surface area contributed by atoms with Gasteiger partial charge in [-0.3, -0.25) is 9.89 Å². The second kappa shape index (κ2) is 3.90. The van der Waals surface area contributed by atoms with Gasteiger partial charge in [0.2, 0.25) is 0 Å². The van der Waals surface area contributed by atoms with Crippen molar-refractivity contribution >= 4 is 16.9 Å². The fourth-order valence-corrected chi connectivity index (χ4v) is 1.50. The van der Waals surface area contributed by atoms with Crippen molar-refractivity contribution in [2.24, 2.45) is 5.73 Å². The van der Waals surface area contributed by atoms with Gasteiger partial charge >= 0.3 is 5.97 Å². The van der Waals surface area contributed by atoms with Gasteiger partial charge in [-0.05, 0) is 18.2 Å². The normalized spacial score (nSPS) is 12.9. The predicted molar refractivity (Wildman–Crippen MR) is 55.4 cm³/mol. The van der Waals surface area contributed by atoms with Crippen LogP contribution in [0.5, 0.6) is 0 Å². The molecule has 2 aromatic rings. The number of benzene rings is 1. The van der Waals surface area contributed by atoms with E-state index in [1.807, 2.05) is 0 Å². The molecule has 1 unspecified atom stereocenters. The third kappa shape index (κ3) is 1.87. The van der Waals surface area contributed by atoms with Gasteiger partial charge in [-0.1, -0.05) is 0 Å². The summed E-state index contributed by atoms with van der Waals surface area (Å²) in [7, 11) is 0. The Morgan fingerprint density at radius 1 is 1.62 bits per heavy atom. The number of nitrogens with zero attached hydrogens (tertiary/aromatic N) is 1. The van der Waals surface area contributed by atoms with Crippen molar-refractivity contribution in [1.29, 1.82) is 0 Å². The highest BCUT2D eigenvalue weighted by molar-refractivity contribution is 5.82. The lowest BCUT2D eigenvalue weighted by atomic mass is 10.1. The van der Waals surface area contributed by atoms with Gasteiger partial charge in [-0.25, -0.2) is 4.39 Å². The van der Waals surface area contributed by atoms with Crippen LogP contribution in [-0.2, 0) is 11.2 Å². The number of aromatic amines is 1. The van der Waals surface area contributed by atoms with Crippen LogP contribution in [0.15, 0.2) is 18.2 Å². The lowest BCUT2D eigenvalue weighted by Gasteiger charge is -2.03. The minimum atomic E-state index is -1.10. The van der Waals surface area contributed by atoms with Crippen LogP contribution in [-0.4, -0.2) is 27.3 Å². The number of H-pyrrole nitrogens is 1. The Morgan fingerprint density at radius 3 is 3.06 bits per heavy atom. The molecule has 0 amide bonds. The molecule has 0 aliphatic heterocycles. The molecular formula is C10H10FN3O2. The van der Waals surface area contributed by atoms with Crippen molar-refractivity contribution in [2.45, 2.75) is 12.5 Å². The summed E-state index contributed by atoms with van der Waals surface area (Å²) in [4.78, 5) is 10.6. The lowest BCUT2D eigenvalue weighted by Crippen LogP contribution is -2.32. The number of aromatic nitrogens is 2. The molecule has 0 spiro atoms. The zero-order chi connectivity index (χ0) is 11.7.